The lowest BCUT2D eigenvalue weighted by Crippen LogP contribution is -2.04. The van der Waals surface area contributed by atoms with Crippen molar-refractivity contribution in [2.45, 2.75) is 13.8 Å². The molecule has 1 aromatic carbocycles. The van der Waals surface area contributed by atoms with Crippen LogP contribution in [0.3, 0.4) is 0 Å². The summed E-state index contributed by atoms with van der Waals surface area (Å²) in [5.41, 5.74) is 1.98. The summed E-state index contributed by atoms with van der Waals surface area (Å²) in [6.45, 7) is 4.84. The van der Waals surface area contributed by atoms with Gasteiger partial charge in [-0.15, -0.1) is 0 Å². The molecule has 0 aliphatic heterocycles. The molecule has 0 saturated heterocycles. The molecule has 1 aromatic heterocycles. The molecule has 2 rings (SSSR count). The van der Waals surface area contributed by atoms with Crippen LogP contribution in [0.1, 0.15) is 12.5 Å². The number of aryl methyl sites for hydroxylation is 2. The average Bonchev–Trinajstić information content (AvgIpc) is 2.64. The SMILES string of the molecule is CCOCOc1c(Br)cc2cn(C)nc2c1C. The zero-order valence-corrected chi connectivity index (χ0v) is 11.7. The van der Waals surface area contributed by atoms with Crippen LogP contribution in [-0.2, 0) is 11.8 Å². The second-order valence-electron chi connectivity index (χ2n) is 3.81. The van der Waals surface area contributed by atoms with E-state index >= 15 is 0 Å². The summed E-state index contributed by atoms with van der Waals surface area (Å²) in [5, 5.41) is 5.52. The van der Waals surface area contributed by atoms with E-state index in [-0.39, 0.29) is 6.79 Å². The Kier molecular flexibility index (Phi) is 3.69. The fraction of sp³-hybridized carbons (Fsp3) is 0.417. The first-order chi connectivity index (χ1) is 8.13. The van der Waals surface area contributed by atoms with Gasteiger partial charge in [0.25, 0.3) is 0 Å². The maximum Gasteiger partial charge on any atom is 0.189 e. The van der Waals surface area contributed by atoms with E-state index in [1.807, 2.05) is 33.2 Å². The second-order valence-corrected chi connectivity index (χ2v) is 4.66. The van der Waals surface area contributed by atoms with Gasteiger partial charge in [-0.2, -0.15) is 5.10 Å². The van der Waals surface area contributed by atoms with Crippen LogP contribution < -0.4 is 4.74 Å². The van der Waals surface area contributed by atoms with Gasteiger partial charge >= 0.3 is 0 Å². The Morgan fingerprint density at radius 1 is 1.47 bits per heavy atom. The molecule has 0 N–H and O–H groups in total. The third kappa shape index (κ3) is 2.45. The van der Waals surface area contributed by atoms with Crippen LogP contribution >= 0.6 is 15.9 Å². The highest BCUT2D eigenvalue weighted by molar-refractivity contribution is 9.10. The topological polar surface area (TPSA) is 36.3 Å². The molecule has 4 nitrogen and oxygen atoms in total. The molecule has 1 heterocycles. The quantitative estimate of drug-likeness (QED) is 0.643. The van der Waals surface area contributed by atoms with Gasteiger partial charge in [-0.25, -0.2) is 0 Å². The highest BCUT2D eigenvalue weighted by atomic mass is 79.9. The summed E-state index contributed by atoms with van der Waals surface area (Å²) in [6, 6.07) is 2.01. The molecule has 0 spiro atoms. The van der Waals surface area contributed by atoms with Gasteiger partial charge in [0.15, 0.2) is 6.79 Å². The number of nitrogens with zero attached hydrogens (tertiary/aromatic N) is 2. The summed E-state index contributed by atoms with van der Waals surface area (Å²) in [4.78, 5) is 0. The monoisotopic (exact) mass is 298 g/mol. The number of ether oxygens (including phenoxy) is 2. The zero-order valence-electron chi connectivity index (χ0n) is 10.2. The molecule has 2 aromatic rings. The Hall–Kier alpha value is -1.07. The maximum atomic E-state index is 5.61. The van der Waals surface area contributed by atoms with E-state index in [0.29, 0.717) is 6.61 Å². The number of hydrogen-bond acceptors (Lipinski definition) is 3. The van der Waals surface area contributed by atoms with Gasteiger partial charge in [-0.05, 0) is 35.8 Å². The van der Waals surface area contributed by atoms with E-state index < -0.39 is 0 Å². The summed E-state index contributed by atoms with van der Waals surface area (Å²) in [6.07, 6.45) is 1.99. The van der Waals surface area contributed by atoms with E-state index in [2.05, 4.69) is 21.0 Å². The predicted octanol–water partition coefficient (Wildman–Crippen LogP) is 3.02. The minimum absolute atomic E-state index is 0.258. The van der Waals surface area contributed by atoms with E-state index in [4.69, 9.17) is 9.47 Å². The van der Waals surface area contributed by atoms with Gasteiger partial charge in [0.05, 0.1) is 9.99 Å². The first kappa shape index (κ1) is 12.4. The second kappa shape index (κ2) is 5.06. The van der Waals surface area contributed by atoms with Crippen molar-refractivity contribution in [1.82, 2.24) is 9.78 Å². The molecule has 17 heavy (non-hydrogen) atoms. The first-order valence-corrected chi connectivity index (χ1v) is 6.25. The number of halogens is 1. The van der Waals surface area contributed by atoms with Crippen LogP contribution in [0.5, 0.6) is 5.75 Å². The van der Waals surface area contributed by atoms with Gasteiger partial charge in [0.1, 0.15) is 5.75 Å². The third-order valence-corrected chi connectivity index (χ3v) is 3.13. The van der Waals surface area contributed by atoms with Gasteiger partial charge in [-0.3, -0.25) is 4.68 Å². The normalized spacial score (nSPS) is 11.1. The Morgan fingerprint density at radius 2 is 2.24 bits per heavy atom. The van der Waals surface area contributed by atoms with Crippen LogP contribution in [0, 0.1) is 6.92 Å². The highest BCUT2D eigenvalue weighted by Gasteiger charge is 2.12. The Balaban J connectivity index is 2.40. The lowest BCUT2D eigenvalue weighted by molar-refractivity contribution is 0.0216. The van der Waals surface area contributed by atoms with Crippen molar-refractivity contribution in [3.8, 4) is 5.75 Å². The predicted molar refractivity (Wildman–Crippen MR) is 70.3 cm³/mol. The molecule has 0 aliphatic rings. The molecule has 5 heteroatoms. The van der Waals surface area contributed by atoms with E-state index in [1.54, 1.807) is 4.68 Å². The summed E-state index contributed by atoms with van der Waals surface area (Å²) < 4.78 is 13.5. The van der Waals surface area contributed by atoms with Gasteiger partial charge in [0.2, 0.25) is 0 Å². The highest BCUT2D eigenvalue weighted by Crippen LogP contribution is 2.34. The molecule has 0 bridgehead atoms. The fourth-order valence-corrected chi connectivity index (χ4v) is 2.41. The smallest absolute Gasteiger partial charge is 0.189 e. The molecule has 0 atom stereocenters. The van der Waals surface area contributed by atoms with Crippen molar-refractivity contribution in [1.29, 1.82) is 0 Å². The molecule has 0 aliphatic carbocycles. The van der Waals surface area contributed by atoms with Crippen LogP contribution in [0.2, 0.25) is 0 Å². The Labute approximate surface area is 109 Å². The Bertz CT molecular complexity index is 537. The summed E-state index contributed by atoms with van der Waals surface area (Å²) in [5.74, 6) is 0.796. The molecule has 0 radical (unpaired) electrons. The third-order valence-electron chi connectivity index (χ3n) is 2.54. The van der Waals surface area contributed by atoms with E-state index in [9.17, 15) is 0 Å². The number of hydrogen-bond donors (Lipinski definition) is 0. The van der Waals surface area contributed by atoms with Gasteiger partial charge in [0, 0.05) is 30.8 Å². The maximum absolute atomic E-state index is 5.61. The average molecular weight is 299 g/mol. The minimum atomic E-state index is 0.258. The molecular weight excluding hydrogens is 284 g/mol. The van der Waals surface area contributed by atoms with E-state index in [1.165, 1.54) is 0 Å². The first-order valence-electron chi connectivity index (χ1n) is 5.46. The van der Waals surface area contributed by atoms with Crippen LogP contribution in [-0.4, -0.2) is 23.2 Å². The molecule has 0 amide bonds. The van der Waals surface area contributed by atoms with Gasteiger partial charge in [-0.1, -0.05) is 0 Å². The van der Waals surface area contributed by atoms with Gasteiger partial charge < -0.3 is 9.47 Å². The zero-order chi connectivity index (χ0) is 12.4. The summed E-state index contributed by atoms with van der Waals surface area (Å²) in [7, 11) is 1.91. The van der Waals surface area contributed by atoms with Crippen molar-refractivity contribution < 1.29 is 9.47 Å². The number of fused-ring (bicyclic) bond motifs is 1. The van der Waals surface area contributed by atoms with Crippen LogP contribution in [0.25, 0.3) is 10.9 Å². The Morgan fingerprint density at radius 3 is 2.94 bits per heavy atom. The van der Waals surface area contributed by atoms with Crippen molar-refractivity contribution in [2.75, 3.05) is 13.4 Å². The fourth-order valence-electron chi connectivity index (χ4n) is 1.75. The van der Waals surface area contributed by atoms with Crippen LogP contribution in [0.4, 0.5) is 0 Å². The standard InChI is InChI=1S/C12H15BrN2O2/c1-4-16-7-17-12-8(2)11-9(5-10(12)13)6-15(3)14-11/h5-6H,4,7H2,1-3H3. The van der Waals surface area contributed by atoms with Crippen molar-refractivity contribution in [3.05, 3.63) is 22.3 Å². The lowest BCUT2D eigenvalue weighted by atomic mass is 10.1. The molecule has 0 unspecified atom stereocenters. The number of rotatable bonds is 4. The van der Waals surface area contributed by atoms with Crippen molar-refractivity contribution >= 4 is 26.8 Å². The number of benzene rings is 1. The summed E-state index contributed by atoms with van der Waals surface area (Å²) >= 11 is 3.51. The van der Waals surface area contributed by atoms with Crippen molar-refractivity contribution in [2.24, 2.45) is 7.05 Å². The molecular formula is C12H15BrN2O2. The largest absolute Gasteiger partial charge is 0.466 e. The lowest BCUT2D eigenvalue weighted by Gasteiger charge is -2.11. The number of aromatic nitrogens is 2. The van der Waals surface area contributed by atoms with Crippen LogP contribution in [0.15, 0.2) is 16.7 Å². The molecule has 0 fully saturated rings. The molecule has 92 valence electrons. The van der Waals surface area contributed by atoms with E-state index in [0.717, 1.165) is 26.7 Å². The molecule has 0 saturated carbocycles. The minimum Gasteiger partial charge on any atom is -0.466 e. The van der Waals surface area contributed by atoms with Crippen molar-refractivity contribution in [3.63, 3.8) is 0 Å².